The van der Waals surface area contributed by atoms with Gasteiger partial charge in [0.1, 0.15) is 0 Å². The van der Waals surface area contributed by atoms with Gasteiger partial charge in [-0.25, -0.2) is 14.2 Å². The number of aliphatic carboxylic acids is 2. The highest BCUT2D eigenvalue weighted by atomic mass is 31.2. The first kappa shape index (κ1) is 13.0. The number of hydrogen-bond donors (Lipinski definition) is 5. The summed E-state index contributed by atoms with van der Waals surface area (Å²) < 4.78 is 13.7. The highest BCUT2D eigenvalue weighted by Crippen LogP contribution is 2.38. The minimum Gasteiger partial charge on any atom is -0.479 e. The third-order valence-corrected chi connectivity index (χ3v) is 1.54. The second-order valence-corrected chi connectivity index (χ2v) is 3.33. The third kappa shape index (κ3) is 4.30. The fourth-order valence-corrected chi connectivity index (χ4v) is 1.02. The number of aliphatic hydroxyl groups is 1. The summed E-state index contributed by atoms with van der Waals surface area (Å²) in [6.45, 7) is 0. The molecule has 9 nitrogen and oxygen atoms in total. The Bertz CT molecular complexity index is 279. The Morgan fingerprint density at radius 3 is 1.79 bits per heavy atom. The maximum atomic E-state index is 10.2. The lowest BCUT2D eigenvalue weighted by molar-refractivity contribution is -0.164. The number of carboxylic acid groups (broad SMARTS) is 2. The molecule has 0 radical (unpaired) electrons. The summed E-state index contributed by atoms with van der Waals surface area (Å²) in [7, 11) is -5.17. The number of phosphoric ester groups is 1. The van der Waals surface area contributed by atoms with Crippen molar-refractivity contribution in [2.75, 3.05) is 0 Å². The molecule has 2 atom stereocenters. The Morgan fingerprint density at radius 1 is 1.14 bits per heavy atom. The molecule has 0 unspecified atom stereocenters. The summed E-state index contributed by atoms with van der Waals surface area (Å²) in [6, 6.07) is 0. The summed E-state index contributed by atoms with van der Waals surface area (Å²) in [5.74, 6) is -3.96. The topological polar surface area (TPSA) is 162 Å². The van der Waals surface area contributed by atoms with Gasteiger partial charge in [-0.2, -0.15) is 0 Å². The first-order valence-electron chi connectivity index (χ1n) is 3.03. The van der Waals surface area contributed by atoms with E-state index < -0.39 is 32.0 Å². The van der Waals surface area contributed by atoms with E-state index in [1.165, 1.54) is 0 Å². The Kier molecular flexibility index (Phi) is 4.17. The predicted molar refractivity (Wildman–Crippen MR) is 38.2 cm³/mol. The van der Waals surface area contributed by atoms with Crippen LogP contribution >= 0.6 is 7.82 Å². The number of phosphoric acid groups is 1. The van der Waals surface area contributed by atoms with Gasteiger partial charge >= 0.3 is 19.8 Å². The molecule has 0 aromatic heterocycles. The van der Waals surface area contributed by atoms with Crippen molar-refractivity contribution in [1.29, 1.82) is 0 Å². The van der Waals surface area contributed by atoms with Crippen molar-refractivity contribution in [3.8, 4) is 0 Å². The number of rotatable bonds is 5. The molecule has 0 aliphatic heterocycles. The van der Waals surface area contributed by atoms with E-state index >= 15 is 0 Å². The van der Waals surface area contributed by atoms with Crippen molar-refractivity contribution in [3.05, 3.63) is 0 Å². The molecule has 10 heteroatoms. The van der Waals surface area contributed by atoms with Crippen LogP contribution in [0.4, 0.5) is 0 Å². The van der Waals surface area contributed by atoms with Gasteiger partial charge in [-0.3, -0.25) is 4.52 Å². The van der Waals surface area contributed by atoms with E-state index in [1.807, 2.05) is 0 Å². The van der Waals surface area contributed by atoms with Crippen molar-refractivity contribution >= 4 is 19.8 Å². The molecule has 0 rings (SSSR count). The summed E-state index contributed by atoms with van der Waals surface area (Å²) in [5, 5.41) is 25.1. The van der Waals surface area contributed by atoms with E-state index in [2.05, 4.69) is 4.52 Å². The van der Waals surface area contributed by atoms with Crippen molar-refractivity contribution in [2.24, 2.45) is 0 Å². The summed E-state index contributed by atoms with van der Waals surface area (Å²) >= 11 is 0. The fraction of sp³-hybridized carbons (Fsp3) is 0.500. The lowest BCUT2D eigenvalue weighted by atomic mass is 10.2. The molecule has 82 valence electrons. The molecule has 0 spiro atoms. The molecule has 0 aliphatic carbocycles. The van der Waals surface area contributed by atoms with Crippen LogP contribution in [0, 0.1) is 0 Å². The molecule has 0 aliphatic rings. The Balaban J connectivity index is 4.70. The van der Waals surface area contributed by atoms with Crippen LogP contribution in [0.3, 0.4) is 0 Å². The highest BCUT2D eigenvalue weighted by Gasteiger charge is 2.38. The molecule has 0 saturated carbocycles. The Morgan fingerprint density at radius 2 is 1.57 bits per heavy atom. The van der Waals surface area contributed by atoms with E-state index in [-0.39, 0.29) is 0 Å². The summed E-state index contributed by atoms with van der Waals surface area (Å²) in [6.07, 6.45) is -5.08. The predicted octanol–water partition coefficient (Wildman–Crippen LogP) is -2.01. The molecule has 0 saturated heterocycles. The zero-order chi connectivity index (χ0) is 11.5. The minimum absolute atomic E-state index is 1.97. The van der Waals surface area contributed by atoms with E-state index in [0.717, 1.165) is 0 Å². The first-order valence-corrected chi connectivity index (χ1v) is 4.56. The zero-order valence-corrected chi connectivity index (χ0v) is 7.37. The van der Waals surface area contributed by atoms with Crippen molar-refractivity contribution in [1.82, 2.24) is 0 Å². The molecule has 0 fully saturated rings. The van der Waals surface area contributed by atoms with Crippen LogP contribution in [0.1, 0.15) is 0 Å². The molecule has 0 bridgehead atoms. The molecular weight excluding hydrogens is 223 g/mol. The van der Waals surface area contributed by atoms with Gasteiger partial charge in [0, 0.05) is 0 Å². The smallest absolute Gasteiger partial charge is 0.470 e. The van der Waals surface area contributed by atoms with Crippen LogP contribution in [0.5, 0.6) is 0 Å². The standard InChI is InChI=1S/C4H7O9P/c5-1(3(6)7)2(4(8)9)13-14(10,11)12/h1-2,5H,(H,6,7)(H,8,9)(H2,10,11,12)/t1-,2-/m1/s1. The van der Waals surface area contributed by atoms with Crippen LogP contribution < -0.4 is 0 Å². The van der Waals surface area contributed by atoms with E-state index in [1.54, 1.807) is 0 Å². The Hall–Kier alpha value is -0.990. The zero-order valence-electron chi connectivity index (χ0n) is 6.47. The number of carbonyl (C=O) groups is 2. The van der Waals surface area contributed by atoms with Crippen LogP contribution in [-0.4, -0.2) is 49.3 Å². The van der Waals surface area contributed by atoms with Gasteiger partial charge in [-0.1, -0.05) is 0 Å². The van der Waals surface area contributed by atoms with Crippen LogP contribution in [0.15, 0.2) is 0 Å². The maximum Gasteiger partial charge on any atom is 0.470 e. The van der Waals surface area contributed by atoms with Gasteiger partial charge in [0.25, 0.3) is 0 Å². The number of hydrogen-bond acceptors (Lipinski definition) is 5. The van der Waals surface area contributed by atoms with Crippen LogP contribution in [-0.2, 0) is 18.7 Å². The summed E-state index contributed by atoms with van der Waals surface area (Å²) in [4.78, 5) is 36.7. The molecule has 0 heterocycles. The van der Waals surface area contributed by atoms with Gasteiger partial charge in [0.15, 0.2) is 6.10 Å². The van der Waals surface area contributed by atoms with Gasteiger partial charge in [-0.05, 0) is 0 Å². The Labute approximate surface area is 76.8 Å². The number of carboxylic acids is 2. The van der Waals surface area contributed by atoms with Crippen molar-refractivity contribution < 1.29 is 43.8 Å². The van der Waals surface area contributed by atoms with Crippen LogP contribution in [0.2, 0.25) is 0 Å². The second kappa shape index (κ2) is 4.49. The average molecular weight is 230 g/mol. The monoisotopic (exact) mass is 230 g/mol. The van der Waals surface area contributed by atoms with Gasteiger partial charge in [0.2, 0.25) is 6.10 Å². The molecule has 14 heavy (non-hydrogen) atoms. The molecule has 5 N–H and O–H groups in total. The maximum absolute atomic E-state index is 10.2. The lowest BCUT2D eigenvalue weighted by Gasteiger charge is -2.16. The first-order chi connectivity index (χ1) is 6.15. The SMILES string of the molecule is O=C(O)[C@H](O)[C@@H](OP(=O)(O)O)C(=O)O. The summed E-state index contributed by atoms with van der Waals surface area (Å²) in [5.41, 5.74) is 0. The van der Waals surface area contributed by atoms with Gasteiger partial charge < -0.3 is 25.1 Å². The van der Waals surface area contributed by atoms with E-state index in [9.17, 15) is 14.2 Å². The van der Waals surface area contributed by atoms with Crippen molar-refractivity contribution in [2.45, 2.75) is 12.2 Å². The molecule has 0 aromatic carbocycles. The van der Waals surface area contributed by atoms with Gasteiger partial charge in [0.05, 0.1) is 0 Å². The highest BCUT2D eigenvalue weighted by molar-refractivity contribution is 7.46. The van der Waals surface area contributed by atoms with Crippen LogP contribution in [0.25, 0.3) is 0 Å². The molecule has 0 amide bonds. The second-order valence-electron chi connectivity index (χ2n) is 2.14. The molecular formula is C4H7O9P. The van der Waals surface area contributed by atoms with Gasteiger partial charge in [-0.15, -0.1) is 0 Å². The quantitative estimate of drug-likeness (QED) is 0.336. The largest absolute Gasteiger partial charge is 0.479 e. The van der Waals surface area contributed by atoms with Crippen molar-refractivity contribution in [3.63, 3.8) is 0 Å². The fourth-order valence-electron chi connectivity index (χ4n) is 0.515. The normalized spacial score (nSPS) is 15.9. The minimum atomic E-state index is -5.17. The average Bonchev–Trinajstić information content (AvgIpc) is 1.96. The van der Waals surface area contributed by atoms with E-state index in [4.69, 9.17) is 25.1 Å². The number of aliphatic hydroxyl groups excluding tert-OH is 1. The third-order valence-electron chi connectivity index (χ3n) is 1.03. The van der Waals surface area contributed by atoms with E-state index in [0.29, 0.717) is 0 Å². The molecule has 0 aromatic rings. The lowest BCUT2D eigenvalue weighted by Crippen LogP contribution is -2.41.